The van der Waals surface area contributed by atoms with E-state index in [1.54, 1.807) is 0 Å². The van der Waals surface area contributed by atoms with Gasteiger partial charge in [-0.15, -0.1) is 0 Å². The number of quaternary nitrogens is 1. The van der Waals surface area contributed by atoms with Crippen molar-refractivity contribution in [1.29, 1.82) is 0 Å². The molecule has 0 saturated heterocycles. The Morgan fingerprint density at radius 3 is 1.73 bits per heavy atom. The molecule has 0 aromatic rings. The van der Waals surface area contributed by atoms with Gasteiger partial charge in [0.25, 0.3) is 0 Å². The van der Waals surface area contributed by atoms with Crippen LogP contribution >= 0.6 is 0 Å². The molecule has 0 rings (SSSR count). The van der Waals surface area contributed by atoms with E-state index in [9.17, 15) is 0 Å². The average Bonchev–Trinajstić information content (AvgIpc) is 2.00. The minimum Gasteiger partial charge on any atom is -0.391 e. The molecule has 0 aromatic heterocycles. The Morgan fingerprint density at radius 2 is 1.64 bits per heavy atom. The second kappa shape index (κ2) is 4.73. The number of aliphatic hydroxyl groups is 1. The van der Waals surface area contributed by atoms with E-state index in [-0.39, 0.29) is 0 Å². The van der Waals surface area contributed by atoms with Crippen molar-refractivity contribution in [2.75, 3.05) is 26.2 Å². The van der Waals surface area contributed by atoms with Gasteiger partial charge in [0.05, 0.1) is 25.7 Å². The number of rotatable bonds is 5. The molecule has 0 aromatic carbocycles. The SMILES string of the molecule is CC[N+](CC)(CCO)C(C)C. The largest absolute Gasteiger partial charge is 0.391 e. The monoisotopic (exact) mass is 160 g/mol. The van der Waals surface area contributed by atoms with Gasteiger partial charge in [-0.3, -0.25) is 0 Å². The first-order valence-corrected chi connectivity index (χ1v) is 4.59. The molecule has 2 nitrogen and oxygen atoms in total. The van der Waals surface area contributed by atoms with Crippen LogP contribution in [0.25, 0.3) is 0 Å². The number of likely N-dealkylation sites (N-methyl/N-ethyl adjacent to an activating group) is 1. The van der Waals surface area contributed by atoms with Crippen molar-refractivity contribution in [3.8, 4) is 0 Å². The summed E-state index contributed by atoms with van der Waals surface area (Å²) in [6.07, 6.45) is 0. The van der Waals surface area contributed by atoms with E-state index in [0.717, 1.165) is 24.1 Å². The molecule has 0 saturated carbocycles. The third-order valence-electron chi connectivity index (χ3n) is 2.90. The van der Waals surface area contributed by atoms with Gasteiger partial charge in [-0.05, 0) is 27.7 Å². The molecule has 0 unspecified atom stereocenters. The zero-order chi connectivity index (χ0) is 8.91. The van der Waals surface area contributed by atoms with Crippen LogP contribution in [0.15, 0.2) is 0 Å². The maximum atomic E-state index is 8.90. The van der Waals surface area contributed by atoms with Crippen molar-refractivity contribution in [3.63, 3.8) is 0 Å². The Balaban J connectivity index is 4.20. The van der Waals surface area contributed by atoms with E-state index in [1.807, 2.05) is 0 Å². The van der Waals surface area contributed by atoms with Gasteiger partial charge in [0.2, 0.25) is 0 Å². The molecule has 0 spiro atoms. The lowest BCUT2D eigenvalue weighted by Gasteiger charge is -2.40. The van der Waals surface area contributed by atoms with E-state index in [1.165, 1.54) is 0 Å². The molecule has 1 N–H and O–H groups in total. The molecule has 0 radical (unpaired) electrons. The molecule has 0 heterocycles. The van der Waals surface area contributed by atoms with Crippen molar-refractivity contribution < 1.29 is 9.59 Å². The Labute approximate surface area is 70.4 Å². The van der Waals surface area contributed by atoms with Crippen LogP contribution in [0.1, 0.15) is 27.7 Å². The second-order valence-electron chi connectivity index (χ2n) is 3.39. The fraction of sp³-hybridized carbons (Fsp3) is 1.00. The minimum absolute atomic E-state index is 0.305. The van der Waals surface area contributed by atoms with E-state index in [0.29, 0.717) is 12.6 Å². The number of hydrogen-bond donors (Lipinski definition) is 1. The first-order valence-electron chi connectivity index (χ1n) is 4.59. The fourth-order valence-corrected chi connectivity index (χ4v) is 1.73. The molecule has 2 heteroatoms. The van der Waals surface area contributed by atoms with Gasteiger partial charge in [0.15, 0.2) is 0 Å². The van der Waals surface area contributed by atoms with E-state index in [2.05, 4.69) is 27.7 Å². The summed E-state index contributed by atoms with van der Waals surface area (Å²) in [6.45, 7) is 12.3. The third kappa shape index (κ3) is 2.46. The molecule has 0 aliphatic carbocycles. The van der Waals surface area contributed by atoms with Crippen LogP contribution < -0.4 is 0 Å². The Morgan fingerprint density at radius 1 is 1.18 bits per heavy atom. The molecular weight excluding hydrogens is 138 g/mol. The van der Waals surface area contributed by atoms with Crippen LogP contribution in [0.4, 0.5) is 0 Å². The maximum Gasteiger partial charge on any atom is 0.102 e. The van der Waals surface area contributed by atoms with Gasteiger partial charge in [-0.25, -0.2) is 0 Å². The van der Waals surface area contributed by atoms with Crippen molar-refractivity contribution in [2.24, 2.45) is 0 Å². The first-order chi connectivity index (χ1) is 5.13. The van der Waals surface area contributed by atoms with Gasteiger partial charge in [0.1, 0.15) is 6.54 Å². The normalized spacial score (nSPS) is 12.5. The van der Waals surface area contributed by atoms with Crippen molar-refractivity contribution in [1.82, 2.24) is 0 Å². The summed E-state index contributed by atoms with van der Waals surface area (Å²) in [5.74, 6) is 0. The highest BCUT2D eigenvalue weighted by Gasteiger charge is 2.25. The maximum absolute atomic E-state index is 8.90. The van der Waals surface area contributed by atoms with Crippen LogP contribution in [0, 0.1) is 0 Å². The standard InChI is InChI=1S/C9H22NO/c1-5-10(6-2,7-8-11)9(3)4/h9,11H,5-8H2,1-4H3/q+1. The van der Waals surface area contributed by atoms with Gasteiger partial charge < -0.3 is 9.59 Å². The van der Waals surface area contributed by atoms with E-state index >= 15 is 0 Å². The third-order valence-corrected chi connectivity index (χ3v) is 2.90. The van der Waals surface area contributed by atoms with Crippen LogP contribution in [-0.2, 0) is 0 Å². The first kappa shape index (κ1) is 10.9. The molecule has 11 heavy (non-hydrogen) atoms. The van der Waals surface area contributed by atoms with E-state index in [4.69, 9.17) is 5.11 Å². The summed E-state index contributed by atoms with van der Waals surface area (Å²) in [5.41, 5.74) is 0. The average molecular weight is 160 g/mol. The molecule has 68 valence electrons. The van der Waals surface area contributed by atoms with Crippen LogP contribution in [0.2, 0.25) is 0 Å². The van der Waals surface area contributed by atoms with Crippen LogP contribution in [0.3, 0.4) is 0 Å². The molecular formula is C9H22NO+. The topological polar surface area (TPSA) is 20.2 Å². The van der Waals surface area contributed by atoms with Gasteiger partial charge in [-0.2, -0.15) is 0 Å². The highest BCUT2D eigenvalue weighted by atomic mass is 16.3. The predicted octanol–water partition coefficient (Wildman–Crippen LogP) is 1.24. The Hall–Kier alpha value is -0.0800. The molecule has 0 fully saturated rings. The second-order valence-corrected chi connectivity index (χ2v) is 3.39. The summed E-state index contributed by atoms with van der Waals surface area (Å²) in [7, 11) is 0. The molecule has 0 aliphatic heterocycles. The lowest BCUT2D eigenvalue weighted by atomic mass is 10.2. The Kier molecular flexibility index (Phi) is 4.69. The summed E-state index contributed by atoms with van der Waals surface area (Å²) in [4.78, 5) is 0. The molecule has 0 bridgehead atoms. The quantitative estimate of drug-likeness (QED) is 0.600. The van der Waals surface area contributed by atoms with Crippen molar-refractivity contribution in [3.05, 3.63) is 0 Å². The summed E-state index contributed by atoms with van der Waals surface area (Å²) in [5, 5.41) is 8.90. The number of nitrogens with zero attached hydrogens (tertiary/aromatic N) is 1. The zero-order valence-corrected chi connectivity index (χ0v) is 8.30. The van der Waals surface area contributed by atoms with Gasteiger partial charge in [-0.1, -0.05) is 0 Å². The smallest absolute Gasteiger partial charge is 0.102 e. The van der Waals surface area contributed by atoms with Crippen molar-refractivity contribution >= 4 is 0 Å². The highest BCUT2D eigenvalue weighted by molar-refractivity contribution is 4.45. The Bertz CT molecular complexity index is 97.7. The lowest BCUT2D eigenvalue weighted by molar-refractivity contribution is -0.944. The summed E-state index contributed by atoms with van der Waals surface area (Å²) >= 11 is 0. The molecule has 0 aliphatic rings. The van der Waals surface area contributed by atoms with Gasteiger partial charge >= 0.3 is 0 Å². The molecule has 0 amide bonds. The summed E-state index contributed by atoms with van der Waals surface area (Å²) < 4.78 is 1.04. The van der Waals surface area contributed by atoms with Crippen LogP contribution in [0.5, 0.6) is 0 Å². The number of aliphatic hydroxyl groups excluding tert-OH is 1. The van der Waals surface area contributed by atoms with E-state index < -0.39 is 0 Å². The zero-order valence-electron chi connectivity index (χ0n) is 8.30. The highest BCUT2D eigenvalue weighted by Crippen LogP contribution is 2.11. The fourth-order valence-electron chi connectivity index (χ4n) is 1.73. The predicted molar refractivity (Wildman–Crippen MR) is 48.4 cm³/mol. The van der Waals surface area contributed by atoms with Gasteiger partial charge in [0, 0.05) is 0 Å². The van der Waals surface area contributed by atoms with Crippen LogP contribution in [-0.4, -0.2) is 41.9 Å². The minimum atomic E-state index is 0.305. The summed E-state index contributed by atoms with van der Waals surface area (Å²) in [6, 6.07) is 0.622. The molecule has 0 atom stereocenters. The lowest BCUT2D eigenvalue weighted by Crippen LogP contribution is -2.54. The number of hydrogen-bond acceptors (Lipinski definition) is 1. The van der Waals surface area contributed by atoms with Crippen molar-refractivity contribution in [2.45, 2.75) is 33.7 Å².